The van der Waals surface area contributed by atoms with E-state index < -0.39 is 0 Å². The Bertz CT molecular complexity index is 655. The molecule has 0 heterocycles. The van der Waals surface area contributed by atoms with E-state index in [0.29, 0.717) is 13.0 Å². The molecular weight excluding hydrogens is 334 g/mol. The number of carbonyl (C=O) groups is 1. The molecule has 0 amide bonds. The Hall–Kier alpha value is -2.00. The number of benzene rings is 2. The zero-order chi connectivity index (χ0) is 17.9. The largest absolute Gasteiger partial charge is 0.466 e. The summed E-state index contributed by atoms with van der Waals surface area (Å²) in [6.45, 7) is 3.20. The zero-order valence-corrected chi connectivity index (χ0v) is 15.5. The Morgan fingerprint density at radius 1 is 1.04 bits per heavy atom. The predicted octanol–water partition coefficient (Wildman–Crippen LogP) is 5.27. The number of ether oxygens (including phenoxy) is 1. The van der Waals surface area contributed by atoms with Crippen LogP contribution in [0.15, 0.2) is 48.5 Å². The molecule has 0 radical (unpaired) electrons. The average molecular weight is 360 g/mol. The van der Waals surface area contributed by atoms with Crippen molar-refractivity contribution in [1.29, 1.82) is 0 Å². The first-order valence-corrected chi connectivity index (χ1v) is 9.28. The number of rotatable bonds is 10. The van der Waals surface area contributed by atoms with Gasteiger partial charge in [0.15, 0.2) is 0 Å². The van der Waals surface area contributed by atoms with Crippen LogP contribution >= 0.6 is 11.6 Å². The minimum absolute atomic E-state index is 0.115. The third kappa shape index (κ3) is 7.18. The number of nitrogens with one attached hydrogen (secondary N) is 1. The molecule has 0 atom stereocenters. The maximum atomic E-state index is 11.4. The van der Waals surface area contributed by atoms with Gasteiger partial charge in [-0.05, 0) is 61.9 Å². The van der Waals surface area contributed by atoms with Crippen LogP contribution in [0.5, 0.6) is 0 Å². The lowest BCUT2D eigenvalue weighted by molar-refractivity contribution is -0.143. The molecule has 0 fully saturated rings. The molecule has 0 aromatic heterocycles. The van der Waals surface area contributed by atoms with E-state index >= 15 is 0 Å². The molecule has 2 aromatic rings. The van der Waals surface area contributed by atoms with Gasteiger partial charge in [0.25, 0.3) is 0 Å². The third-order valence-electron chi connectivity index (χ3n) is 4.02. The Kier molecular flexibility index (Phi) is 8.33. The van der Waals surface area contributed by atoms with Crippen molar-refractivity contribution in [2.45, 2.75) is 39.0 Å². The molecular formula is C21H26ClNO2. The van der Waals surface area contributed by atoms with Crippen molar-refractivity contribution in [2.24, 2.45) is 0 Å². The number of hydrogen-bond donors (Lipinski definition) is 1. The number of para-hydroxylation sites is 1. The highest BCUT2D eigenvalue weighted by atomic mass is 35.5. The van der Waals surface area contributed by atoms with Gasteiger partial charge in [0.05, 0.1) is 6.61 Å². The fraction of sp³-hybridized carbons (Fsp3) is 0.381. The van der Waals surface area contributed by atoms with Crippen molar-refractivity contribution >= 4 is 23.3 Å². The van der Waals surface area contributed by atoms with Gasteiger partial charge in [0.2, 0.25) is 0 Å². The minimum atomic E-state index is -0.115. The summed E-state index contributed by atoms with van der Waals surface area (Å²) in [6.07, 6.45) is 4.23. The maximum absolute atomic E-state index is 11.4. The standard InChI is InChI=1S/C21H26ClNO2/c1-2-25-21(24)11-5-9-18-8-3-4-10-20(18)23-16-6-7-17-12-14-19(22)15-13-17/h3-4,8,10,12-15,23H,2,5-7,9,11,16H2,1H3. The fourth-order valence-corrected chi connectivity index (χ4v) is 2.86. The van der Waals surface area contributed by atoms with E-state index in [1.165, 1.54) is 11.1 Å². The van der Waals surface area contributed by atoms with E-state index in [4.69, 9.17) is 16.3 Å². The lowest BCUT2D eigenvalue weighted by Gasteiger charge is -2.12. The van der Waals surface area contributed by atoms with Crippen LogP contribution in [-0.4, -0.2) is 19.1 Å². The molecule has 0 spiro atoms. The number of aryl methyl sites for hydroxylation is 2. The molecule has 1 N–H and O–H groups in total. The topological polar surface area (TPSA) is 38.3 Å². The molecule has 0 saturated carbocycles. The van der Waals surface area contributed by atoms with E-state index in [2.05, 4.69) is 29.6 Å². The lowest BCUT2D eigenvalue weighted by Crippen LogP contribution is -2.07. The first kappa shape index (κ1) is 19.3. The van der Waals surface area contributed by atoms with Crippen molar-refractivity contribution in [3.63, 3.8) is 0 Å². The summed E-state index contributed by atoms with van der Waals surface area (Å²) < 4.78 is 4.98. The fourth-order valence-electron chi connectivity index (χ4n) is 2.73. The summed E-state index contributed by atoms with van der Waals surface area (Å²) >= 11 is 5.91. The van der Waals surface area contributed by atoms with Crippen LogP contribution in [0.3, 0.4) is 0 Å². The summed E-state index contributed by atoms with van der Waals surface area (Å²) in [7, 11) is 0. The van der Waals surface area contributed by atoms with E-state index in [1.54, 1.807) is 0 Å². The van der Waals surface area contributed by atoms with Crippen molar-refractivity contribution in [3.8, 4) is 0 Å². The summed E-state index contributed by atoms with van der Waals surface area (Å²) in [5, 5.41) is 4.29. The van der Waals surface area contributed by atoms with Gasteiger partial charge in [-0.15, -0.1) is 0 Å². The summed E-state index contributed by atoms with van der Waals surface area (Å²) in [6, 6.07) is 16.3. The highest BCUT2D eigenvalue weighted by molar-refractivity contribution is 6.30. The Morgan fingerprint density at radius 3 is 2.56 bits per heavy atom. The quantitative estimate of drug-likeness (QED) is 0.464. The van der Waals surface area contributed by atoms with Crippen molar-refractivity contribution in [2.75, 3.05) is 18.5 Å². The van der Waals surface area contributed by atoms with Crippen LogP contribution in [0.2, 0.25) is 5.02 Å². The zero-order valence-electron chi connectivity index (χ0n) is 14.8. The summed E-state index contributed by atoms with van der Waals surface area (Å²) in [5.41, 5.74) is 3.70. The van der Waals surface area contributed by atoms with Gasteiger partial charge in [-0.25, -0.2) is 0 Å². The Balaban J connectivity index is 1.75. The molecule has 0 aliphatic carbocycles. The number of carbonyl (C=O) groups excluding carboxylic acids is 1. The van der Waals surface area contributed by atoms with Crippen LogP contribution in [-0.2, 0) is 22.4 Å². The van der Waals surface area contributed by atoms with Gasteiger partial charge < -0.3 is 10.1 Å². The molecule has 0 unspecified atom stereocenters. The minimum Gasteiger partial charge on any atom is -0.466 e. The second-order valence-corrected chi connectivity index (χ2v) is 6.41. The van der Waals surface area contributed by atoms with Crippen molar-refractivity contribution < 1.29 is 9.53 Å². The maximum Gasteiger partial charge on any atom is 0.305 e. The molecule has 2 aromatic carbocycles. The lowest BCUT2D eigenvalue weighted by atomic mass is 10.1. The van der Waals surface area contributed by atoms with E-state index in [1.807, 2.05) is 31.2 Å². The van der Waals surface area contributed by atoms with Gasteiger partial charge >= 0.3 is 5.97 Å². The monoisotopic (exact) mass is 359 g/mol. The number of hydrogen-bond acceptors (Lipinski definition) is 3. The van der Waals surface area contributed by atoms with E-state index in [0.717, 1.165) is 42.9 Å². The molecule has 0 saturated heterocycles. The molecule has 25 heavy (non-hydrogen) atoms. The van der Waals surface area contributed by atoms with E-state index in [-0.39, 0.29) is 5.97 Å². The van der Waals surface area contributed by atoms with Crippen LogP contribution < -0.4 is 5.32 Å². The van der Waals surface area contributed by atoms with Gasteiger partial charge in [-0.1, -0.05) is 41.9 Å². The first-order chi connectivity index (χ1) is 12.2. The van der Waals surface area contributed by atoms with Crippen LogP contribution in [0, 0.1) is 0 Å². The SMILES string of the molecule is CCOC(=O)CCCc1ccccc1NCCCc1ccc(Cl)cc1. The molecule has 0 aliphatic heterocycles. The highest BCUT2D eigenvalue weighted by Gasteiger charge is 2.05. The normalized spacial score (nSPS) is 10.5. The molecule has 3 nitrogen and oxygen atoms in total. The third-order valence-corrected chi connectivity index (χ3v) is 4.27. The van der Waals surface area contributed by atoms with Gasteiger partial charge in [-0.2, -0.15) is 0 Å². The Labute approximate surface area is 155 Å². The van der Waals surface area contributed by atoms with E-state index in [9.17, 15) is 4.79 Å². The van der Waals surface area contributed by atoms with Gasteiger partial charge in [-0.3, -0.25) is 4.79 Å². The first-order valence-electron chi connectivity index (χ1n) is 8.91. The molecule has 4 heteroatoms. The molecule has 0 bridgehead atoms. The smallest absolute Gasteiger partial charge is 0.305 e. The van der Waals surface area contributed by atoms with Crippen LogP contribution in [0.25, 0.3) is 0 Å². The summed E-state index contributed by atoms with van der Waals surface area (Å²) in [5.74, 6) is -0.115. The predicted molar refractivity (Wildman–Crippen MR) is 104 cm³/mol. The summed E-state index contributed by atoms with van der Waals surface area (Å²) in [4.78, 5) is 11.4. The van der Waals surface area contributed by atoms with Crippen molar-refractivity contribution in [1.82, 2.24) is 0 Å². The van der Waals surface area contributed by atoms with Gasteiger partial charge in [0.1, 0.15) is 0 Å². The average Bonchev–Trinajstić information content (AvgIpc) is 2.61. The molecule has 2 rings (SSSR count). The van der Waals surface area contributed by atoms with Gasteiger partial charge in [0, 0.05) is 23.7 Å². The second-order valence-electron chi connectivity index (χ2n) is 5.97. The number of esters is 1. The van der Waals surface area contributed by atoms with Crippen LogP contribution in [0.1, 0.15) is 37.3 Å². The number of anilines is 1. The Morgan fingerprint density at radius 2 is 1.80 bits per heavy atom. The highest BCUT2D eigenvalue weighted by Crippen LogP contribution is 2.18. The number of halogens is 1. The molecule has 134 valence electrons. The van der Waals surface area contributed by atoms with Crippen molar-refractivity contribution in [3.05, 3.63) is 64.7 Å². The molecule has 0 aliphatic rings. The second kappa shape index (κ2) is 10.8. The van der Waals surface area contributed by atoms with Crippen LogP contribution in [0.4, 0.5) is 5.69 Å².